The summed E-state index contributed by atoms with van der Waals surface area (Å²) < 4.78 is 17.7. The van der Waals surface area contributed by atoms with Gasteiger partial charge in [-0.25, -0.2) is 0 Å². The number of benzene rings is 1. The lowest BCUT2D eigenvalue weighted by Crippen LogP contribution is -2.19. The normalized spacial score (nSPS) is 11.8. The fourth-order valence-corrected chi connectivity index (χ4v) is 2.81. The molecule has 0 aliphatic heterocycles. The first-order valence-electron chi connectivity index (χ1n) is 8.02. The molecule has 0 fully saturated rings. The van der Waals surface area contributed by atoms with Crippen LogP contribution < -0.4 is 19.5 Å². The number of ether oxygens (including phenoxy) is 3. The van der Waals surface area contributed by atoms with Crippen molar-refractivity contribution in [2.75, 3.05) is 26.6 Å². The molecule has 0 saturated carbocycles. The smallest absolute Gasteiger partial charge is 0.226 e. The number of carbonyl (C=O) groups is 1. The molecule has 7 heteroatoms. The van der Waals surface area contributed by atoms with E-state index in [1.54, 1.807) is 12.1 Å². The lowest BCUT2D eigenvalue weighted by atomic mass is 10.2. The molecule has 0 bridgehead atoms. The molecule has 2 rings (SSSR count). The third-order valence-corrected chi connectivity index (χ3v) is 3.89. The predicted octanol–water partition coefficient (Wildman–Crippen LogP) is 3.12. The quantitative estimate of drug-likeness (QED) is 0.833. The highest BCUT2D eigenvalue weighted by Gasteiger charge is 2.17. The van der Waals surface area contributed by atoms with E-state index in [0.717, 1.165) is 11.4 Å². The Morgan fingerprint density at radius 3 is 2.16 bits per heavy atom. The first-order chi connectivity index (χ1) is 11.9. The fraction of sp³-hybridized carbons (Fsp3) is 0.444. The van der Waals surface area contributed by atoms with Gasteiger partial charge in [-0.2, -0.15) is 5.10 Å². The third kappa shape index (κ3) is 4.23. The molecule has 1 N–H and O–H groups in total. The first kappa shape index (κ1) is 18.6. The standard InChI is InChI=1S/C18H25N3O4/c1-11-7-12(2)21(20-11)13(3)8-17(22)19-14-9-15(23-4)18(25-6)16(10-14)24-5/h7,9-10,13H,8H2,1-6H3,(H,19,22)/t13-/m0/s1. The summed E-state index contributed by atoms with van der Waals surface area (Å²) in [4.78, 5) is 12.4. The van der Waals surface area contributed by atoms with Crippen LogP contribution >= 0.6 is 0 Å². The van der Waals surface area contributed by atoms with E-state index in [9.17, 15) is 4.79 Å². The van der Waals surface area contributed by atoms with Crippen molar-refractivity contribution in [1.82, 2.24) is 9.78 Å². The molecule has 136 valence electrons. The lowest BCUT2D eigenvalue weighted by molar-refractivity contribution is -0.116. The van der Waals surface area contributed by atoms with Gasteiger partial charge in [0.05, 0.1) is 33.1 Å². The maximum absolute atomic E-state index is 12.4. The fourth-order valence-electron chi connectivity index (χ4n) is 2.81. The van der Waals surface area contributed by atoms with Gasteiger partial charge in [0.25, 0.3) is 0 Å². The molecule has 0 spiro atoms. The molecular formula is C18H25N3O4. The maximum Gasteiger partial charge on any atom is 0.226 e. The minimum absolute atomic E-state index is 0.0456. The second-order valence-corrected chi connectivity index (χ2v) is 5.89. The molecule has 25 heavy (non-hydrogen) atoms. The van der Waals surface area contributed by atoms with Crippen LogP contribution in [0, 0.1) is 13.8 Å². The Labute approximate surface area is 147 Å². The van der Waals surface area contributed by atoms with Crippen molar-refractivity contribution in [2.24, 2.45) is 0 Å². The number of nitrogens with one attached hydrogen (secondary N) is 1. The highest BCUT2D eigenvalue weighted by molar-refractivity contribution is 5.91. The number of aryl methyl sites for hydroxylation is 2. The van der Waals surface area contributed by atoms with Gasteiger partial charge in [0.2, 0.25) is 11.7 Å². The van der Waals surface area contributed by atoms with E-state index in [1.165, 1.54) is 21.3 Å². The maximum atomic E-state index is 12.4. The average Bonchev–Trinajstić information content (AvgIpc) is 2.92. The van der Waals surface area contributed by atoms with Crippen LogP contribution in [0.25, 0.3) is 0 Å². The van der Waals surface area contributed by atoms with Crippen molar-refractivity contribution in [2.45, 2.75) is 33.2 Å². The Morgan fingerprint density at radius 2 is 1.72 bits per heavy atom. The van der Waals surface area contributed by atoms with Gasteiger partial charge in [-0.3, -0.25) is 9.48 Å². The largest absolute Gasteiger partial charge is 0.493 e. The zero-order chi connectivity index (χ0) is 18.6. The monoisotopic (exact) mass is 347 g/mol. The van der Waals surface area contributed by atoms with Gasteiger partial charge in [0.15, 0.2) is 11.5 Å². The average molecular weight is 347 g/mol. The van der Waals surface area contributed by atoms with Gasteiger partial charge in [-0.15, -0.1) is 0 Å². The number of aromatic nitrogens is 2. The minimum atomic E-state index is -0.116. The molecule has 2 aromatic rings. The highest BCUT2D eigenvalue weighted by atomic mass is 16.5. The molecule has 0 aliphatic carbocycles. The lowest BCUT2D eigenvalue weighted by Gasteiger charge is -2.16. The summed E-state index contributed by atoms with van der Waals surface area (Å²) in [6.45, 7) is 5.88. The molecule has 1 amide bonds. The Balaban J connectivity index is 2.13. The van der Waals surface area contributed by atoms with Crippen LogP contribution in [0.2, 0.25) is 0 Å². The number of methoxy groups -OCH3 is 3. The summed E-state index contributed by atoms with van der Waals surface area (Å²) in [6.07, 6.45) is 0.304. The Morgan fingerprint density at radius 1 is 1.12 bits per heavy atom. The van der Waals surface area contributed by atoms with Crippen molar-refractivity contribution in [3.8, 4) is 17.2 Å². The van der Waals surface area contributed by atoms with Crippen LogP contribution in [-0.4, -0.2) is 37.0 Å². The van der Waals surface area contributed by atoms with Crippen LogP contribution in [0.4, 0.5) is 5.69 Å². The van der Waals surface area contributed by atoms with Crippen molar-refractivity contribution in [3.63, 3.8) is 0 Å². The third-order valence-electron chi connectivity index (χ3n) is 3.89. The van der Waals surface area contributed by atoms with E-state index in [4.69, 9.17) is 14.2 Å². The molecule has 7 nitrogen and oxygen atoms in total. The number of hydrogen-bond acceptors (Lipinski definition) is 5. The molecule has 1 aromatic heterocycles. The van der Waals surface area contributed by atoms with E-state index >= 15 is 0 Å². The zero-order valence-corrected chi connectivity index (χ0v) is 15.5. The topological polar surface area (TPSA) is 74.6 Å². The molecule has 1 heterocycles. The second kappa shape index (κ2) is 7.92. The van der Waals surface area contributed by atoms with Gasteiger partial charge in [-0.1, -0.05) is 0 Å². The number of anilines is 1. The van der Waals surface area contributed by atoms with Crippen LogP contribution in [0.5, 0.6) is 17.2 Å². The van der Waals surface area contributed by atoms with Crippen LogP contribution in [0.1, 0.15) is 30.8 Å². The SMILES string of the molecule is COc1cc(NC(=O)C[C@H](C)n2nc(C)cc2C)cc(OC)c1OC. The second-order valence-electron chi connectivity index (χ2n) is 5.89. The number of amides is 1. The van der Waals surface area contributed by atoms with E-state index in [-0.39, 0.29) is 11.9 Å². The van der Waals surface area contributed by atoms with Crippen LogP contribution in [0.15, 0.2) is 18.2 Å². The number of carbonyl (C=O) groups excluding carboxylic acids is 1. The van der Waals surface area contributed by atoms with Gasteiger partial charge in [0, 0.05) is 29.9 Å². The molecule has 1 atom stereocenters. The summed E-state index contributed by atoms with van der Waals surface area (Å²) in [7, 11) is 4.61. The number of nitrogens with zero attached hydrogens (tertiary/aromatic N) is 2. The summed E-state index contributed by atoms with van der Waals surface area (Å²) in [6, 6.07) is 5.35. The number of hydrogen-bond donors (Lipinski definition) is 1. The van der Waals surface area contributed by atoms with Crippen molar-refractivity contribution in [1.29, 1.82) is 0 Å². The van der Waals surface area contributed by atoms with Gasteiger partial charge < -0.3 is 19.5 Å². The Kier molecular flexibility index (Phi) is 5.90. The molecule has 0 saturated heterocycles. The summed E-state index contributed by atoms with van der Waals surface area (Å²) in [5, 5.41) is 7.30. The molecule has 1 aromatic carbocycles. The highest BCUT2D eigenvalue weighted by Crippen LogP contribution is 2.40. The van der Waals surface area contributed by atoms with E-state index in [1.807, 2.05) is 31.5 Å². The Hall–Kier alpha value is -2.70. The van der Waals surface area contributed by atoms with Crippen molar-refractivity contribution in [3.05, 3.63) is 29.6 Å². The number of rotatable bonds is 7. The Bertz CT molecular complexity index is 730. The summed E-state index contributed by atoms with van der Waals surface area (Å²) in [5.41, 5.74) is 2.56. The minimum Gasteiger partial charge on any atom is -0.493 e. The van der Waals surface area contributed by atoms with Crippen molar-refractivity contribution >= 4 is 11.6 Å². The van der Waals surface area contributed by atoms with E-state index < -0.39 is 0 Å². The van der Waals surface area contributed by atoms with E-state index in [0.29, 0.717) is 29.4 Å². The van der Waals surface area contributed by atoms with Gasteiger partial charge >= 0.3 is 0 Å². The molecular weight excluding hydrogens is 322 g/mol. The van der Waals surface area contributed by atoms with Crippen LogP contribution in [0.3, 0.4) is 0 Å². The van der Waals surface area contributed by atoms with Crippen LogP contribution in [-0.2, 0) is 4.79 Å². The predicted molar refractivity (Wildman–Crippen MR) is 95.8 cm³/mol. The molecule has 0 radical (unpaired) electrons. The van der Waals surface area contributed by atoms with Gasteiger partial charge in [0.1, 0.15) is 0 Å². The summed E-state index contributed by atoms with van der Waals surface area (Å²) in [5.74, 6) is 1.35. The summed E-state index contributed by atoms with van der Waals surface area (Å²) >= 11 is 0. The first-order valence-corrected chi connectivity index (χ1v) is 8.02. The van der Waals surface area contributed by atoms with Gasteiger partial charge in [-0.05, 0) is 26.8 Å². The molecule has 0 unspecified atom stereocenters. The molecule has 0 aliphatic rings. The zero-order valence-electron chi connectivity index (χ0n) is 15.5. The van der Waals surface area contributed by atoms with E-state index in [2.05, 4.69) is 10.4 Å². The van der Waals surface area contributed by atoms with Crippen molar-refractivity contribution < 1.29 is 19.0 Å².